The number of hydrogen-bond acceptors (Lipinski definition) is 4. The van der Waals surface area contributed by atoms with Crippen LogP contribution in [0.2, 0.25) is 0 Å². The van der Waals surface area contributed by atoms with Crippen molar-refractivity contribution < 1.29 is 14.3 Å². The Hall–Kier alpha value is -2.14. The van der Waals surface area contributed by atoms with Gasteiger partial charge in [-0.1, -0.05) is 18.2 Å². The fourth-order valence-electron chi connectivity index (χ4n) is 2.23. The van der Waals surface area contributed by atoms with Crippen LogP contribution < -0.4 is 14.8 Å². The van der Waals surface area contributed by atoms with E-state index in [9.17, 15) is 4.79 Å². The predicted molar refractivity (Wildman–Crippen MR) is 98.0 cm³/mol. The van der Waals surface area contributed by atoms with Gasteiger partial charge in [0, 0.05) is 29.7 Å². The van der Waals surface area contributed by atoms with Gasteiger partial charge in [-0.05, 0) is 36.2 Å². The zero-order chi connectivity index (χ0) is 17.2. The molecule has 0 aliphatic carbocycles. The van der Waals surface area contributed by atoms with Crippen LogP contribution in [0.4, 0.5) is 0 Å². The Balaban J connectivity index is 1.71. The summed E-state index contributed by atoms with van der Waals surface area (Å²) in [5, 5.41) is 2.96. The molecule has 1 amide bonds. The van der Waals surface area contributed by atoms with E-state index in [4.69, 9.17) is 9.47 Å². The van der Waals surface area contributed by atoms with Crippen LogP contribution in [0.25, 0.3) is 0 Å². The molecular weight excluding hydrogens is 322 g/mol. The molecule has 0 fully saturated rings. The average Bonchev–Trinajstić information content (AvgIpc) is 2.64. The van der Waals surface area contributed by atoms with Crippen LogP contribution in [0, 0.1) is 0 Å². The molecule has 2 aromatic rings. The molecule has 24 heavy (non-hydrogen) atoms. The molecule has 0 aliphatic heterocycles. The van der Waals surface area contributed by atoms with Crippen molar-refractivity contribution in [3.8, 4) is 11.5 Å². The van der Waals surface area contributed by atoms with Crippen LogP contribution >= 0.6 is 11.8 Å². The number of amides is 1. The number of thioether (sulfide) groups is 1. The lowest BCUT2D eigenvalue weighted by molar-refractivity contribution is -0.120. The van der Waals surface area contributed by atoms with Gasteiger partial charge >= 0.3 is 0 Å². The second-order valence-corrected chi connectivity index (χ2v) is 6.40. The summed E-state index contributed by atoms with van der Waals surface area (Å²) in [4.78, 5) is 13.2. The number of hydrogen-bond donors (Lipinski definition) is 1. The first-order valence-electron chi connectivity index (χ1n) is 7.88. The van der Waals surface area contributed by atoms with Gasteiger partial charge in [-0.15, -0.1) is 11.8 Å². The van der Waals surface area contributed by atoms with Gasteiger partial charge in [-0.3, -0.25) is 4.79 Å². The van der Waals surface area contributed by atoms with E-state index in [0.29, 0.717) is 19.4 Å². The molecule has 128 valence electrons. The molecule has 2 aromatic carbocycles. The van der Waals surface area contributed by atoms with E-state index in [1.807, 2.05) is 36.4 Å². The number of nitrogens with one attached hydrogen (secondary N) is 1. The summed E-state index contributed by atoms with van der Waals surface area (Å²) in [6.07, 6.45) is 1.11. The van der Waals surface area contributed by atoms with Crippen molar-refractivity contribution in [3.05, 3.63) is 54.1 Å². The smallest absolute Gasteiger partial charge is 0.220 e. The van der Waals surface area contributed by atoms with Crippen molar-refractivity contribution >= 4 is 17.7 Å². The van der Waals surface area contributed by atoms with Gasteiger partial charge in [0.15, 0.2) is 0 Å². The predicted octanol–water partition coefficient (Wildman–Crippen LogP) is 3.54. The first kappa shape index (κ1) is 18.2. The Kier molecular flexibility index (Phi) is 7.49. The highest BCUT2D eigenvalue weighted by Gasteiger charge is 2.05. The molecule has 0 bridgehead atoms. The highest BCUT2D eigenvalue weighted by molar-refractivity contribution is 7.99. The van der Waals surface area contributed by atoms with Crippen molar-refractivity contribution in [3.63, 3.8) is 0 Å². The molecule has 0 aromatic heterocycles. The van der Waals surface area contributed by atoms with E-state index >= 15 is 0 Å². The SMILES string of the molecule is COc1cc(CCC(=O)NCCSc2ccccc2)cc(OC)c1. The maximum absolute atomic E-state index is 12.0. The molecule has 4 nitrogen and oxygen atoms in total. The number of ether oxygens (including phenoxy) is 2. The van der Waals surface area contributed by atoms with Crippen LogP contribution in [0.1, 0.15) is 12.0 Å². The monoisotopic (exact) mass is 345 g/mol. The summed E-state index contributed by atoms with van der Waals surface area (Å²) < 4.78 is 10.5. The molecule has 2 rings (SSSR count). The van der Waals surface area contributed by atoms with E-state index < -0.39 is 0 Å². The van der Waals surface area contributed by atoms with Crippen LogP contribution in [0.3, 0.4) is 0 Å². The molecule has 5 heteroatoms. The van der Waals surface area contributed by atoms with Gasteiger partial charge in [0.1, 0.15) is 11.5 Å². The second-order valence-electron chi connectivity index (χ2n) is 5.23. The first-order valence-corrected chi connectivity index (χ1v) is 8.86. The summed E-state index contributed by atoms with van der Waals surface area (Å²) in [5.74, 6) is 2.40. The first-order chi connectivity index (χ1) is 11.7. The van der Waals surface area contributed by atoms with Crippen molar-refractivity contribution in [2.24, 2.45) is 0 Å². The molecule has 0 saturated heterocycles. The van der Waals surface area contributed by atoms with E-state index in [2.05, 4.69) is 17.4 Å². The molecule has 0 heterocycles. The molecule has 0 radical (unpaired) electrons. The minimum absolute atomic E-state index is 0.0606. The fraction of sp³-hybridized carbons (Fsp3) is 0.316. The standard InChI is InChI=1S/C19H23NO3S/c1-22-16-12-15(13-17(14-16)23-2)8-9-19(21)20-10-11-24-18-6-4-3-5-7-18/h3-7,12-14H,8-11H2,1-2H3,(H,20,21). The molecule has 0 saturated carbocycles. The third-order valence-electron chi connectivity index (χ3n) is 3.49. The number of methoxy groups -OCH3 is 2. The fourth-order valence-corrected chi connectivity index (χ4v) is 3.02. The molecule has 0 atom stereocenters. The van der Waals surface area contributed by atoms with Crippen LogP contribution in [-0.2, 0) is 11.2 Å². The summed E-state index contributed by atoms with van der Waals surface area (Å²) in [6, 6.07) is 15.9. The quantitative estimate of drug-likeness (QED) is 0.558. The minimum Gasteiger partial charge on any atom is -0.497 e. The third-order valence-corrected chi connectivity index (χ3v) is 4.50. The third kappa shape index (κ3) is 6.16. The summed E-state index contributed by atoms with van der Waals surface area (Å²) in [7, 11) is 3.24. The van der Waals surface area contributed by atoms with Crippen LogP contribution in [-0.4, -0.2) is 32.4 Å². The van der Waals surface area contributed by atoms with E-state index in [-0.39, 0.29) is 5.91 Å². The van der Waals surface area contributed by atoms with Gasteiger partial charge in [0.2, 0.25) is 5.91 Å². The summed E-state index contributed by atoms with van der Waals surface area (Å²) in [6.45, 7) is 0.666. The number of carbonyl (C=O) groups is 1. The zero-order valence-electron chi connectivity index (χ0n) is 14.1. The molecule has 0 spiro atoms. The topological polar surface area (TPSA) is 47.6 Å². The Morgan fingerprint density at radius 1 is 1.04 bits per heavy atom. The lowest BCUT2D eigenvalue weighted by Gasteiger charge is -2.09. The Morgan fingerprint density at radius 3 is 2.33 bits per heavy atom. The normalized spacial score (nSPS) is 10.2. The van der Waals surface area contributed by atoms with Crippen LogP contribution in [0.15, 0.2) is 53.4 Å². The lowest BCUT2D eigenvalue weighted by Crippen LogP contribution is -2.25. The number of rotatable bonds is 9. The second kappa shape index (κ2) is 9.88. The Morgan fingerprint density at radius 2 is 1.71 bits per heavy atom. The van der Waals surface area contributed by atoms with E-state index in [0.717, 1.165) is 22.8 Å². The number of carbonyl (C=O) groups excluding carboxylic acids is 1. The zero-order valence-corrected chi connectivity index (χ0v) is 14.9. The van der Waals surface area contributed by atoms with Crippen molar-refractivity contribution in [2.75, 3.05) is 26.5 Å². The minimum atomic E-state index is 0.0606. The van der Waals surface area contributed by atoms with Gasteiger partial charge in [-0.2, -0.15) is 0 Å². The van der Waals surface area contributed by atoms with Crippen molar-refractivity contribution in [1.82, 2.24) is 5.32 Å². The maximum Gasteiger partial charge on any atom is 0.220 e. The highest BCUT2D eigenvalue weighted by atomic mass is 32.2. The molecule has 1 N–H and O–H groups in total. The molecular formula is C19H23NO3S. The van der Waals surface area contributed by atoms with Crippen LogP contribution in [0.5, 0.6) is 11.5 Å². The van der Waals surface area contributed by atoms with Gasteiger partial charge in [-0.25, -0.2) is 0 Å². The number of aryl methyl sites for hydroxylation is 1. The Bertz CT molecular complexity index is 624. The summed E-state index contributed by atoms with van der Waals surface area (Å²) in [5.41, 5.74) is 1.03. The molecule has 0 unspecified atom stereocenters. The largest absolute Gasteiger partial charge is 0.497 e. The highest BCUT2D eigenvalue weighted by Crippen LogP contribution is 2.23. The van der Waals surface area contributed by atoms with E-state index in [1.54, 1.807) is 26.0 Å². The van der Waals surface area contributed by atoms with E-state index in [1.165, 1.54) is 4.90 Å². The Labute approximate surface area is 147 Å². The number of benzene rings is 2. The van der Waals surface area contributed by atoms with Gasteiger partial charge in [0.05, 0.1) is 14.2 Å². The van der Waals surface area contributed by atoms with Gasteiger partial charge in [0.25, 0.3) is 0 Å². The van der Waals surface area contributed by atoms with Crippen molar-refractivity contribution in [1.29, 1.82) is 0 Å². The van der Waals surface area contributed by atoms with Gasteiger partial charge < -0.3 is 14.8 Å². The van der Waals surface area contributed by atoms with Crippen molar-refractivity contribution in [2.45, 2.75) is 17.7 Å². The lowest BCUT2D eigenvalue weighted by atomic mass is 10.1. The average molecular weight is 345 g/mol. The summed E-state index contributed by atoms with van der Waals surface area (Å²) >= 11 is 1.74. The molecule has 0 aliphatic rings. The maximum atomic E-state index is 12.0.